The lowest BCUT2D eigenvalue weighted by atomic mass is 9.99. The highest BCUT2D eigenvalue weighted by molar-refractivity contribution is 9.10. The minimum atomic E-state index is 0.745. The predicted molar refractivity (Wildman–Crippen MR) is 70.4 cm³/mol. The molecule has 2 atom stereocenters. The van der Waals surface area contributed by atoms with Crippen molar-refractivity contribution in [3.05, 3.63) is 28.5 Å². The lowest BCUT2D eigenvalue weighted by Crippen LogP contribution is -2.25. The molecule has 0 spiro atoms. The molecule has 0 aliphatic heterocycles. The number of nitrogens with one attached hydrogen (secondary N) is 1. The van der Waals surface area contributed by atoms with E-state index >= 15 is 0 Å². The Morgan fingerprint density at radius 2 is 2.31 bits per heavy atom. The van der Waals surface area contributed by atoms with Gasteiger partial charge in [0.25, 0.3) is 0 Å². The Kier molecular flexibility index (Phi) is 4.36. The molecule has 2 unspecified atom stereocenters. The molecular formula is C13H19BrN2. The van der Waals surface area contributed by atoms with E-state index in [2.05, 4.69) is 39.2 Å². The molecule has 3 heteroatoms. The quantitative estimate of drug-likeness (QED) is 0.918. The molecule has 2 rings (SSSR count). The lowest BCUT2D eigenvalue weighted by molar-refractivity contribution is 0.493. The van der Waals surface area contributed by atoms with E-state index in [4.69, 9.17) is 0 Å². The highest BCUT2D eigenvalue weighted by Crippen LogP contribution is 2.28. The number of hydrogen-bond acceptors (Lipinski definition) is 2. The molecule has 1 N–H and O–H groups in total. The maximum absolute atomic E-state index is 4.22. The van der Waals surface area contributed by atoms with Gasteiger partial charge >= 0.3 is 0 Å². The summed E-state index contributed by atoms with van der Waals surface area (Å²) in [5.74, 6) is 0.833. The van der Waals surface area contributed by atoms with Crippen molar-refractivity contribution < 1.29 is 0 Å². The number of halogens is 1. The van der Waals surface area contributed by atoms with Crippen molar-refractivity contribution >= 4 is 15.9 Å². The number of nitrogens with zero attached hydrogens (tertiary/aromatic N) is 1. The average molecular weight is 283 g/mol. The van der Waals surface area contributed by atoms with Crippen LogP contribution in [0.1, 0.15) is 31.7 Å². The van der Waals surface area contributed by atoms with Crippen LogP contribution in [-0.2, 0) is 6.42 Å². The third-order valence-electron chi connectivity index (χ3n) is 3.32. The fraction of sp³-hybridized carbons (Fsp3) is 0.615. The fourth-order valence-corrected chi connectivity index (χ4v) is 3.05. The van der Waals surface area contributed by atoms with Crippen LogP contribution < -0.4 is 5.32 Å². The Bertz CT molecular complexity index is 340. The second-order valence-corrected chi connectivity index (χ2v) is 5.56. The summed E-state index contributed by atoms with van der Waals surface area (Å²) in [6.45, 7) is 3.28. The first-order valence-corrected chi connectivity index (χ1v) is 6.90. The zero-order valence-electron chi connectivity index (χ0n) is 9.75. The Labute approximate surface area is 106 Å². The molecular weight excluding hydrogens is 264 g/mol. The molecule has 1 heterocycles. The SMILES string of the molecule is CCNC1CCC(Cc2cncc(Br)c2)C1. The van der Waals surface area contributed by atoms with Crippen LogP contribution in [-0.4, -0.2) is 17.6 Å². The van der Waals surface area contributed by atoms with E-state index in [1.807, 2.05) is 12.4 Å². The molecule has 1 aromatic heterocycles. The summed E-state index contributed by atoms with van der Waals surface area (Å²) in [6.07, 6.45) is 9.02. The van der Waals surface area contributed by atoms with Gasteiger partial charge in [0.2, 0.25) is 0 Å². The van der Waals surface area contributed by atoms with Crippen LogP contribution in [0.2, 0.25) is 0 Å². The molecule has 0 saturated heterocycles. The number of hydrogen-bond donors (Lipinski definition) is 1. The van der Waals surface area contributed by atoms with Crippen LogP contribution in [0.15, 0.2) is 22.9 Å². The Morgan fingerprint density at radius 3 is 3.06 bits per heavy atom. The standard InChI is InChI=1S/C13H19BrN2/c1-2-16-13-4-3-10(7-13)5-11-6-12(14)9-15-8-11/h6,8-10,13,16H,2-5,7H2,1H3. The zero-order valence-corrected chi connectivity index (χ0v) is 11.3. The molecule has 16 heavy (non-hydrogen) atoms. The van der Waals surface area contributed by atoms with Crippen molar-refractivity contribution in [2.24, 2.45) is 5.92 Å². The van der Waals surface area contributed by atoms with Gasteiger partial charge in [0, 0.05) is 22.9 Å². The lowest BCUT2D eigenvalue weighted by Gasteiger charge is -2.12. The van der Waals surface area contributed by atoms with Gasteiger partial charge in [-0.05, 0) is 65.7 Å². The van der Waals surface area contributed by atoms with E-state index in [9.17, 15) is 0 Å². The second kappa shape index (κ2) is 5.78. The zero-order chi connectivity index (χ0) is 11.4. The van der Waals surface area contributed by atoms with E-state index in [-0.39, 0.29) is 0 Å². The third kappa shape index (κ3) is 3.29. The number of pyridine rings is 1. The minimum absolute atomic E-state index is 0.745. The highest BCUT2D eigenvalue weighted by atomic mass is 79.9. The van der Waals surface area contributed by atoms with Gasteiger partial charge in [-0.1, -0.05) is 6.92 Å². The van der Waals surface area contributed by atoms with Crippen molar-refractivity contribution in [1.29, 1.82) is 0 Å². The molecule has 0 amide bonds. The van der Waals surface area contributed by atoms with Crippen molar-refractivity contribution in [3.63, 3.8) is 0 Å². The van der Waals surface area contributed by atoms with Crippen LogP contribution in [0.4, 0.5) is 0 Å². The molecule has 1 aliphatic carbocycles. The van der Waals surface area contributed by atoms with Crippen LogP contribution >= 0.6 is 15.9 Å². The summed E-state index contributed by atoms with van der Waals surface area (Å²) < 4.78 is 1.09. The summed E-state index contributed by atoms with van der Waals surface area (Å²) in [7, 11) is 0. The normalized spacial score (nSPS) is 24.9. The van der Waals surface area contributed by atoms with Gasteiger partial charge in [0.15, 0.2) is 0 Å². The van der Waals surface area contributed by atoms with Gasteiger partial charge in [-0.3, -0.25) is 4.98 Å². The maximum Gasteiger partial charge on any atom is 0.0410 e. The van der Waals surface area contributed by atoms with Crippen molar-refractivity contribution in [2.45, 2.75) is 38.6 Å². The van der Waals surface area contributed by atoms with E-state index in [1.165, 1.54) is 31.2 Å². The van der Waals surface area contributed by atoms with Gasteiger partial charge in [-0.25, -0.2) is 0 Å². The van der Waals surface area contributed by atoms with Crippen LogP contribution in [0.25, 0.3) is 0 Å². The largest absolute Gasteiger partial charge is 0.314 e. The predicted octanol–water partition coefficient (Wildman–Crippen LogP) is 3.16. The van der Waals surface area contributed by atoms with Crippen molar-refractivity contribution in [1.82, 2.24) is 10.3 Å². The first-order valence-electron chi connectivity index (χ1n) is 6.10. The molecule has 1 aromatic rings. The van der Waals surface area contributed by atoms with Crippen LogP contribution in [0, 0.1) is 5.92 Å². The van der Waals surface area contributed by atoms with E-state index in [0.717, 1.165) is 23.0 Å². The van der Waals surface area contributed by atoms with Gasteiger partial charge in [0.05, 0.1) is 0 Å². The Hall–Kier alpha value is -0.410. The Morgan fingerprint density at radius 1 is 1.44 bits per heavy atom. The summed E-state index contributed by atoms with van der Waals surface area (Å²) in [5, 5.41) is 3.55. The van der Waals surface area contributed by atoms with Gasteiger partial charge < -0.3 is 5.32 Å². The Balaban J connectivity index is 1.87. The molecule has 1 aliphatic rings. The molecule has 88 valence electrons. The summed E-state index contributed by atoms with van der Waals surface area (Å²) >= 11 is 3.47. The number of aromatic nitrogens is 1. The average Bonchev–Trinajstić information content (AvgIpc) is 2.66. The van der Waals surface area contributed by atoms with E-state index in [1.54, 1.807) is 0 Å². The summed E-state index contributed by atoms with van der Waals surface area (Å²) in [4.78, 5) is 4.22. The van der Waals surface area contributed by atoms with Gasteiger partial charge in [-0.15, -0.1) is 0 Å². The van der Waals surface area contributed by atoms with Gasteiger partial charge in [0.1, 0.15) is 0 Å². The molecule has 0 aromatic carbocycles. The number of rotatable bonds is 4. The second-order valence-electron chi connectivity index (χ2n) is 4.65. The molecule has 1 saturated carbocycles. The summed E-state index contributed by atoms with van der Waals surface area (Å²) in [5.41, 5.74) is 1.36. The molecule has 0 bridgehead atoms. The molecule has 0 radical (unpaired) electrons. The van der Waals surface area contributed by atoms with E-state index in [0.29, 0.717) is 0 Å². The first kappa shape index (κ1) is 12.1. The molecule has 1 fully saturated rings. The maximum atomic E-state index is 4.22. The summed E-state index contributed by atoms with van der Waals surface area (Å²) in [6, 6.07) is 2.93. The van der Waals surface area contributed by atoms with Crippen molar-refractivity contribution in [2.75, 3.05) is 6.54 Å². The van der Waals surface area contributed by atoms with E-state index < -0.39 is 0 Å². The minimum Gasteiger partial charge on any atom is -0.314 e. The van der Waals surface area contributed by atoms with Gasteiger partial charge in [-0.2, -0.15) is 0 Å². The molecule has 2 nitrogen and oxygen atoms in total. The monoisotopic (exact) mass is 282 g/mol. The van der Waals surface area contributed by atoms with Crippen molar-refractivity contribution in [3.8, 4) is 0 Å². The smallest absolute Gasteiger partial charge is 0.0410 e. The van der Waals surface area contributed by atoms with Crippen LogP contribution in [0.3, 0.4) is 0 Å². The topological polar surface area (TPSA) is 24.9 Å². The fourth-order valence-electron chi connectivity index (χ4n) is 2.64. The first-order chi connectivity index (χ1) is 7.78. The highest BCUT2D eigenvalue weighted by Gasteiger charge is 2.23. The van der Waals surface area contributed by atoms with Crippen LogP contribution in [0.5, 0.6) is 0 Å². The third-order valence-corrected chi connectivity index (χ3v) is 3.75.